The van der Waals surface area contributed by atoms with Crippen LogP contribution in [0.1, 0.15) is 16.1 Å². The summed E-state index contributed by atoms with van der Waals surface area (Å²) in [7, 11) is 1.16. The fourth-order valence-corrected chi connectivity index (χ4v) is 3.24. The van der Waals surface area contributed by atoms with Crippen LogP contribution in [0.4, 0.5) is 4.79 Å². The number of furan rings is 1. The lowest BCUT2D eigenvalue weighted by atomic mass is 10.1. The van der Waals surface area contributed by atoms with Crippen molar-refractivity contribution in [1.29, 1.82) is 0 Å². The van der Waals surface area contributed by atoms with Crippen molar-refractivity contribution in [3.8, 4) is 11.3 Å². The Kier molecular flexibility index (Phi) is 5.13. The number of hydrogen-bond acceptors (Lipinski definition) is 7. The Morgan fingerprint density at radius 3 is 2.67 bits per heavy atom. The van der Waals surface area contributed by atoms with Gasteiger partial charge in [0.2, 0.25) is 0 Å². The minimum atomic E-state index is -1.09. The second kappa shape index (κ2) is 7.50. The highest BCUT2D eigenvalue weighted by molar-refractivity contribution is 8.18. The Balaban J connectivity index is 1.86. The maximum atomic E-state index is 12.3. The quantitative estimate of drug-likeness (QED) is 0.615. The average Bonchev–Trinajstić information content (AvgIpc) is 3.22. The van der Waals surface area contributed by atoms with Gasteiger partial charge in [0.1, 0.15) is 18.1 Å². The van der Waals surface area contributed by atoms with Gasteiger partial charge in [0, 0.05) is 11.6 Å². The lowest BCUT2D eigenvalue weighted by Gasteiger charge is -2.09. The van der Waals surface area contributed by atoms with Crippen molar-refractivity contribution in [3.05, 3.63) is 52.6 Å². The van der Waals surface area contributed by atoms with Crippen LogP contribution in [-0.4, -0.2) is 46.7 Å². The van der Waals surface area contributed by atoms with Gasteiger partial charge in [-0.2, -0.15) is 0 Å². The van der Waals surface area contributed by atoms with Gasteiger partial charge < -0.3 is 14.3 Å². The van der Waals surface area contributed by atoms with E-state index in [4.69, 9.17) is 4.42 Å². The van der Waals surface area contributed by atoms with Crippen LogP contribution in [0, 0.1) is 0 Å². The van der Waals surface area contributed by atoms with Gasteiger partial charge in [0.15, 0.2) is 0 Å². The molecule has 1 aliphatic rings. The molecule has 0 atom stereocenters. The predicted molar refractivity (Wildman–Crippen MR) is 95.8 cm³/mol. The fraction of sp³-hybridized carbons (Fsp3) is 0.111. The van der Waals surface area contributed by atoms with Gasteiger partial charge >= 0.3 is 11.9 Å². The zero-order valence-electron chi connectivity index (χ0n) is 14.0. The Hall–Kier alpha value is -3.33. The van der Waals surface area contributed by atoms with E-state index in [2.05, 4.69) is 4.74 Å². The number of methoxy groups -OCH3 is 1. The summed E-state index contributed by atoms with van der Waals surface area (Å²) in [5.74, 6) is -1.84. The van der Waals surface area contributed by atoms with Crippen LogP contribution in [0.2, 0.25) is 0 Å². The molecule has 2 amide bonds. The van der Waals surface area contributed by atoms with Gasteiger partial charge in [0.05, 0.1) is 17.6 Å². The predicted octanol–water partition coefficient (Wildman–Crippen LogP) is 2.85. The molecule has 1 fully saturated rings. The van der Waals surface area contributed by atoms with E-state index >= 15 is 0 Å². The number of nitrogens with zero attached hydrogens (tertiary/aromatic N) is 1. The Labute approximate surface area is 157 Å². The highest BCUT2D eigenvalue weighted by atomic mass is 32.2. The van der Waals surface area contributed by atoms with Gasteiger partial charge in [-0.05, 0) is 30.0 Å². The molecule has 138 valence electrons. The molecule has 0 saturated carbocycles. The molecule has 1 aromatic carbocycles. The molecular formula is C18H13NO7S. The molecule has 0 aliphatic carbocycles. The van der Waals surface area contributed by atoms with Crippen molar-refractivity contribution in [1.82, 2.24) is 4.90 Å². The number of carboxylic acid groups (broad SMARTS) is 1. The lowest BCUT2D eigenvalue weighted by Crippen LogP contribution is -2.34. The van der Waals surface area contributed by atoms with Gasteiger partial charge in [-0.15, -0.1) is 0 Å². The average molecular weight is 387 g/mol. The summed E-state index contributed by atoms with van der Waals surface area (Å²) in [6.07, 6.45) is 1.37. The smallest absolute Gasteiger partial charge is 0.336 e. The third-order valence-electron chi connectivity index (χ3n) is 3.71. The minimum Gasteiger partial charge on any atom is -0.478 e. The van der Waals surface area contributed by atoms with Gasteiger partial charge in [-0.1, -0.05) is 18.2 Å². The van der Waals surface area contributed by atoms with Crippen LogP contribution >= 0.6 is 11.8 Å². The van der Waals surface area contributed by atoms with E-state index in [1.54, 1.807) is 30.3 Å². The zero-order chi connectivity index (χ0) is 19.6. The SMILES string of the molecule is COC(=O)CN1C(=O)SC(=Cc2ccc(-c3ccccc3C(=O)O)o2)C1=O. The van der Waals surface area contributed by atoms with Gasteiger partial charge in [0.25, 0.3) is 11.1 Å². The topological polar surface area (TPSA) is 114 Å². The number of benzene rings is 1. The van der Waals surface area contributed by atoms with E-state index < -0.39 is 29.6 Å². The molecule has 27 heavy (non-hydrogen) atoms. The summed E-state index contributed by atoms with van der Waals surface area (Å²) in [5.41, 5.74) is 0.472. The third kappa shape index (κ3) is 3.77. The summed E-state index contributed by atoms with van der Waals surface area (Å²) in [5, 5.41) is 8.68. The lowest BCUT2D eigenvalue weighted by molar-refractivity contribution is -0.143. The standard InChI is InChI=1S/C18H13NO7S/c1-25-15(20)9-19-16(21)14(27-18(19)24)8-10-6-7-13(26-10)11-4-2-3-5-12(11)17(22)23/h2-8H,9H2,1H3,(H,22,23). The van der Waals surface area contributed by atoms with E-state index in [0.29, 0.717) is 23.1 Å². The van der Waals surface area contributed by atoms with E-state index in [0.717, 1.165) is 12.0 Å². The third-order valence-corrected chi connectivity index (χ3v) is 4.62. The number of aromatic carboxylic acids is 1. The highest BCUT2D eigenvalue weighted by Crippen LogP contribution is 2.33. The minimum absolute atomic E-state index is 0.0804. The first-order chi connectivity index (χ1) is 12.9. The van der Waals surface area contributed by atoms with Crippen molar-refractivity contribution in [2.45, 2.75) is 0 Å². The number of imide groups is 1. The zero-order valence-corrected chi connectivity index (χ0v) is 14.8. The van der Waals surface area contributed by atoms with Crippen LogP contribution < -0.4 is 0 Å². The fourth-order valence-electron chi connectivity index (χ4n) is 2.42. The van der Waals surface area contributed by atoms with E-state index in [-0.39, 0.29) is 16.2 Å². The van der Waals surface area contributed by atoms with Crippen molar-refractivity contribution in [2.24, 2.45) is 0 Å². The molecule has 0 bridgehead atoms. The molecule has 2 aromatic rings. The van der Waals surface area contributed by atoms with Crippen molar-refractivity contribution < 1.29 is 33.4 Å². The number of carbonyl (C=O) groups excluding carboxylic acids is 3. The van der Waals surface area contributed by atoms with E-state index in [9.17, 15) is 24.3 Å². The summed E-state index contributed by atoms with van der Waals surface area (Å²) in [4.78, 5) is 47.7. The Morgan fingerprint density at radius 1 is 1.22 bits per heavy atom. The second-order valence-corrected chi connectivity index (χ2v) is 6.39. The maximum absolute atomic E-state index is 12.3. The molecule has 1 aliphatic heterocycles. The highest BCUT2D eigenvalue weighted by Gasteiger charge is 2.36. The normalized spacial score (nSPS) is 15.4. The molecule has 3 rings (SSSR count). The van der Waals surface area contributed by atoms with Gasteiger partial charge in [-0.3, -0.25) is 19.3 Å². The van der Waals surface area contributed by atoms with Crippen molar-refractivity contribution >= 4 is 40.9 Å². The number of rotatable bonds is 5. The van der Waals surface area contributed by atoms with Crippen LogP contribution in [0.3, 0.4) is 0 Å². The van der Waals surface area contributed by atoms with Crippen molar-refractivity contribution in [3.63, 3.8) is 0 Å². The van der Waals surface area contributed by atoms with Crippen LogP contribution in [0.5, 0.6) is 0 Å². The largest absolute Gasteiger partial charge is 0.478 e. The van der Waals surface area contributed by atoms with Crippen LogP contribution in [0.15, 0.2) is 45.7 Å². The molecular weight excluding hydrogens is 374 g/mol. The molecule has 0 unspecified atom stereocenters. The second-order valence-electron chi connectivity index (χ2n) is 5.40. The number of carboxylic acids is 1. The van der Waals surface area contributed by atoms with E-state index in [1.807, 2.05) is 0 Å². The monoisotopic (exact) mass is 387 g/mol. The maximum Gasteiger partial charge on any atom is 0.336 e. The summed E-state index contributed by atoms with van der Waals surface area (Å²) < 4.78 is 10.1. The number of hydrogen-bond donors (Lipinski definition) is 1. The molecule has 8 nitrogen and oxygen atoms in total. The number of carbonyl (C=O) groups is 4. The molecule has 1 N–H and O–H groups in total. The van der Waals surface area contributed by atoms with Gasteiger partial charge in [-0.25, -0.2) is 4.79 Å². The first-order valence-corrected chi connectivity index (χ1v) is 8.47. The Morgan fingerprint density at radius 2 is 1.96 bits per heavy atom. The Bertz CT molecular complexity index is 976. The molecule has 0 radical (unpaired) electrons. The first-order valence-electron chi connectivity index (χ1n) is 7.65. The van der Waals surface area contributed by atoms with Crippen LogP contribution in [-0.2, 0) is 14.3 Å². The first kappa shape index (κ1) is 18.5. The summed E-state index contributed by atoms with van der Waals surface area (Å²) in [6, 6.07) is 9.49. The number of amides is 2. The number of esters is 1. The summed E-state index contributed by atoms with van der Waals surface area (Å²) in [6.45, 7) is -0.464. The van der Waals surface area contributed by atoms with E-state index in [1.165, 1.54) is 12.1 Å². The molecule has 0 spiro atoms. The molecule has 1 aromatic heterocycles. The van der Waals surface area contributed by atoms with Crippen LogP contribution in [0.25, 0.3) is 17.4 Å². The summed E-state index contributed by atoms with van der Waals surface area (Å²) >= 11 is 0.679. The van der Waals surface area contributed by atoms with Crippen molar-refractivity contribution in [2.75, 3.05) is 13.7 Å². The molecule has 2 heterocycles. The molecule has 9 heteroatoms. The molecule has 1 saturated heterocycles. The number of ether oxygens (including phenoxy) is 1. The number of thioether (sulfide) groups is 1.